The number of benzene rings is 2. The molecule has 0 spiro atoms. The number of carbonyl (C=O) groups excluding carboxylic acids is 1. The normalized spacial score (nSPS) is 15.9. The second-order valence-corrected chi connectivity index (χ2v) is 7.69. The lowest BCUT2D eigenvalue weighted by Gasteiger charge is -2.20. The largest absolute Gasteiger partial charge is 0.463 e. The first-order valence-electron chi connectivity index (χ1n) is 10.2. The number of hydrazone groups is 1. The van der Waals surface area contributed by atoms with Crippen LogP contribution in [0.25, 0.3) is 16.9 Å². The van der Waals surface area contributed by atoms with E-state index in [0.717, 1.165) is 28.2 Å². The lowest BCUT2D eigenvalue weighted by Crippen LogP contribution is -2.24. The van der Waals surface area contributed by atoms with Crippen molar-refractivity contribution in [3.05, 3.63) is 96.1 Å². The minimum atomic E-state index is -0.258. The Morgan fingerprint density at radius 3 is 2.48 bits per heavy atom. The van der Waals surface area contributed by atoms with E-state index in [9.17, 15) is 4.79 Å². The number of rotatable bonds is 4. The van der Waals surface area contributed by atoms with Gasteiger partial charge in [-0.15, -0.1) is 0 Å². The Morgan fingerprint density at radius 2 is 1.81 bits per heavy atom. The molecule has 0 radical (unpaired) electrons. The number of aryl methyl sites for hydroxylation is 1. The lowest BCUT2D eigenvalue weighted by molar-refractivity contribution is -0.130. The summed E-state index contributed by atoms with van der Waals surface area (Å²) in [4.78, 5) is 12.5. The van der Waals surface area contributed by atoms with Crippen molar-refractivity contribution in [2.24, 2.45) is 5.10 Å². The first-order chi connectivity index (χ1) is 15.1. The Kier molecular flexibility index (Phi) is 4.75. The van der Waals surface area contributed by atoms with Crippen molar-refractivity contribution in [3.8, 4) is 16.9 Å². The van der Waals surface area contributed by atoms with Gasteiger partial charge in [0.15, 0.2) is 0 Å². The minimum absolute atomic E-state index is 0.117. The molecule has 1 amide bonds. The van der Waals surface area contributed by atoms with E-state index in [-0.39, 0.29) is 11.9 Å². The average molecular weight is 410 g/mol. The molecule has 0 saturated carbocycles. The van der Waals surface area contributed by atoms with Crippen LogP contribution in [0.4, 0.5) is 0 Å². The Labute approximate surface area is 180 Å². The number of aromatic nitrogens is 2. The highest BCUT2D eigenvalue weighted by Crippen LogP contribution is 2.38. The molecule has 0 saturated heterocycles. The summed E-state index contributed by atoms with van der Waals surface area (Å²) in [6, 6.07) is 21.7. The fourth-order valence-electron chi connectivity index (χ4n) is 3.91. The molecule has 5 rings (SSSR count). The molecule has 2 aromatic carbocycles. The SMILES string of the molecule is CC(=O)N1N=C(c2ccco2)C[C@H]1c1cn(-c2ccccc2)nc1-c1ccc(C)cc1. The van der Waals surface area contributed by atoms with Crippen LogP contribution in [0.2, 0.25) is 0 Å². The third kappa shape index (κ3) is 3.57. The van der Waals surface area contributed by atoms with E-state index in [1.165, 1.54) is 12.5 Å². The van der Waals surface area contributed by atoms with Gasteiger partial charge in [-0.05, 0) is 31.2 Å². The van der Waals surface area contributed by atoms with Gasteiger partial charge in [-0.25, -0.2) is 9.69 Å². The third-order valence-corrected chi connectivity index (χ3v) is 5.49. The number of hydrogen-bond acceptors (Lipinski definition) is 4. The molecule has 3 heterocycles. The van der Waals surface area contributed by atoms with Gasteiger partial charge >= 0.3 is 0 Å². The molecule has 31 heavy (non-hydrogen) atoms. The summed E-state index contributed by atoms with van der Waals surface area (Å²) >= 11 is 0. The van der Waals surface area contributed by atoms with E-state index in [0.29, 0.717) is 12.2 Å². The van der Waals surface area contributed by atoms with E-state index in [4.69, 9.17) is 9.52 Å². The molecule has 2 aromatic heterocycles. The molecule has 0 fully saturated rings. The zero-order chi connectivity index (χ0) is 21.4. The van der Waals surface area contributed by atoms with Crippen molar-refractivity contribution in [2.75, 3.05) is 0 Å². The molecule has 1 aliphatic heterocycles. The first kappa shape index (κ1) is 19.1. The number of para-hydroxylation sites is 1. The molecule has 0 bridgehead atoms. The van der Waals surface area contributed by atoms with Gasteiger partial charge < -0.3 is 4.42 Å². The highest BCUT2D eigenvalue weighted by Gasteiger charge is 2.35. The number of carbonyl (C=O) groups is 1. The van der Waals surface area contributed by atoms with Gasteiger partial charge in [0.25, 0.3) is 0 Å². The summed E-state index contributed by atoms with van der Waals surface area (Å²) < 4.78 is 7.41. The molecule has 6 heteroatoms. The van der Waals surface area contributed by atoms with E-state index >= 15 is 0 Å². The van der Waals surface area contributed by atoms with Crippen molar-refractivity contribution in [2.45, 2.75) is 26.3 Å². The topological polar surface area (TPSA) is 63.6 Å². The fourth-order valence-corrected chi connectivity index (χ4v) is 3.91. The monoisotopic (exact) mass is 410 g/mol. The van der Waals surface area contributed by atoms with Crippen LogP contribution in [0.5, 0.6) is 0 Å². The zero-order valence-electron chi connectivity index (χ0n) is 17.4. The summed E-state index contributed by atoms with van der Waals surface area (Å²) in [5.41, 5.74) is 5.70. The fraction of sp³-hybridized carbons (Fsp3) is 0.160. The maximum absolute atomic E-state index is 12.5. The van der Waals surface area contributed by atoms with E-state index in [1.807, 2.05) is 53.3 Å². The van der Waals surface area contributed by atoms with Crippen molar-refractivity contribution in [1.29, 1.82) is 0 Å². The van der Waals surface area contributed by atoms with Gasteiger partial charge in [-0.2, -0.15) is 10.2 Å². The quantitative estimate of drug-likeness (QED) is 0.468. The van der Waals surface area contributed by atoms with Crippen LogP contribution in [0.15, 0.2) is 88.7 Å². The standard InChI is InChI=1S/C25H22N4O2/c1-17-10-12-19(13-11-17)25-21(16-28(27-25)20-7-4-3-5-8-20)23-15-22(24-9-6-14-31-24)26-29(23)18(2)30/h3-14,16,23H,15H2,1-2H3/t23-/m0/s1. The number of amides is 1. The second-order valence-electron chi connectivity index (χ2n) is 7.69. The highest BCUT2D eigenvalue weighted by atomic mass is 16.3. The Bertz CT molecular complexity index is 1240. The first-order valence-corrected chi connectivity index (χ1v) is 10.2. The summed E-state index contributed by atoms with van der Waals surface area (Å²) in [6.45, 7) is 3.60. The van der Waals surface area contributed by atoms with Crippen LogP contribution in [-0.2, 0) is 4.79 Å². The van der Waals surface area contributed by atoms with Gasteiger partial charge in [0.1, 0.15) is 11.5 Å². The molecule has 1 aliphatic rings. The Morgan fingerprint density at radius 1 is 1.03 bits per heavy atom. The van der Waals surface area contributed by atoms with Gasteiger partial charge in [0.05, 0.1) is 23.7 Å². The van der Waals surface area contributed by atoms with Crippen LogP contribution >= 0.6 is 0 Å². The highest BCUT2D eigenvalue weighted by molar-refractivity contribution is 6.01. The molecular weight excluding hydrogens is 388 g/mol. The maximum Gasteiger partial charge on any atom is 0.240 e. The van der Waals surface area contributed by atoms with Crippen LogP contribution in [0, 0.1) is 6.92 Å². The lowest BCUT2D eigenvalue weighted by atomic mass is 9.97. The molecular formula is C25H22N4O2. The number of hydrogen-bond donors (Lipinski definition) is 0. The summed E-state index contributed by atoms with van der Waals surface area (Å²) in [5.74, 6) is 0.565. The third-order valence-electron chi connectivity index (χ3n) is 5.49. The van der Waals surface area contributed by atoms with Crippen LogP contribution in [0.1, 0.15) is 36.3 Å². The van der Waals surface area contributed by atoms with Gasteiger partial charge in [-0.3, -0.25) is 4.79 Å². The molecule has 0 unspecified atom stereocenters. The molecule has 0 N–H and O–H groups in total. The predicted molar refractivity (Wildman–Crippen MR) is 119 cm³/mol. The van der Waals surface area contributed by atoms with Crippen molar-refractivity contribution in [1.82, 2.24) is 14.8 Å². The summed E-state index contributed by atoms with van der Waals surface area (Å²) in [7, 11) is 0. The van der Waals surface area contributed by atoms with Gasteiger partial charge in [-0.1, -0.05) is 48.0 Å². The summed E-state index contributed by atoms with van der Waals surface area (Å²) in [5, 5.41) is 11.0. The van der Waals surface area contributed by atoms with Crippen molar-refractivity contribution in [3.63, 3.8) is 0 Å². The van der Waals surface area contributed by atoms with E-state index < -0.39 is 0 Å². The van der Waals surface area contributed by atoms with Gasteiger partial charge in [0.2, 0.25) is 5.91 Å². The minimum Gasteiger partial charge on any atom is -0.463 e. The average Bonchev–Trinajstić information content (AvgIpc) is 3.53. The number of furan rings is 1. The smallest absolute Gasteiger partial charge is 0.240 e. The van der Waals surface area contributed by atoms with Gasteiger partial charge in [0, 0.05) is 30.7 Å². The van der Waals surface area contributed by atoms with Crippen molar-refractivity contribution >= 4 is 11.6 Å². The molecule has 154 valence electrons. The molecule has 4 aromatic rings. The molecule has 0 aliphatic carbocycles. The van der Waals surface area contributed by atoms with Crippen molar-refractivity contribution < 1.29 is 9.21 Å². The maximum atomic E-state index is 12.5. The van der Waals surface area contributed by atoms with Crippen LogP contribution < -0.4 is 0 Å². The second kappa shape index (κ2) is 7.72. The molecule has 6 nitrogen and oxygen atoms in total. The number of nitrogens with zero attached hydrogens (tertiary/aromatic N) is 4. The Balaban J connectivity index is 1.62. The predicted octanol–water partition coefficient (Wildman–Crippen LogP) is 5.14. The molecule has 1 atom stereocenters. The summed E-state index contributed by atoms with van der Waals surface area (Å²) in [6.07, 6.45) is 4.19. The van der Waals surface area contributed by atoms with E-state index in [2.05, 4.69) is 36.3 Å². The van der Waals surface area contributed by atoms with Crippen LogP contribution in [0.3, 0.4) is 0 Å². The Hall–Kier alpha value is -3.93. The van der Waals surface area contributed by atoms with E-state index in [1.54, 1.807) is 11.3 Å². The van der Waals surface area contributed by atoms with Crippen LogP contribution in [-0.4, -0.2) is 26.4 Å². The zero-order valence-corrected chi connectivity index (χ0v) is 17.4.